The normalized spacial score (nSPS) is 10.7. The molecule has 0 spiro atoms. The maximum atomic E-state index is 10.4. The summed E-state index contributed by atoms with van der Waals surface area (Å²) < 4.78 is 0. The second-order valence-electron chi connectivity index (χ2n) is 2.72. The smallest absolute Gasteiger partial charge is 0.313 e. The molecule has 2 rings (SSSR count). The molecule has 0 aliphatic carbocycles. The van der Waals surface area contributed by atoms with Gasteiger partial charge in [-0.1, -0.05) is 23.4 Å². The summed E-state index contributed by atoms with van der Waals surface area (Å²) in [5, 5.41) is 10.3. The van der Waals surface area contributed by atoms with E-state index < -0.39 is 5.97 Å². The summed E-state index contributed by atoms with van der Waals surface area (Å²) in [7, 11) is 0. The van der Waals surface area contributed by atoms with Crippen molar-refractivity contribution < 1.29 is 9.90 Å². The van der Waals surface area contributed by atoms with Gasteiger partial charge >= 0.3 is 5.97 Å². The molecule has 0 atom stereocenters. The molecule has 0 bridgehead atoms. The van der Waals surface area contributed by atoms with Crippen LogP contribution in [0.1, 0.15) is 0 Å². The van der Waals surface area contributed by atoms with Gasteiger partial charge in [-0.3, -0.25) is 4.79 Å². The highest BCUT2D eigenvalue weighted by atomic mass is 35.5. The van der Waals surface area contributed by atoms with Crippen LogP contribution in [0.4, 0.5) is 0 Å². The summed E-state index contributed by atoms with van der Waals surface area (Å²) in [4.78, 5) is 21.3. The third-order valence-electron chi connectivity index (χ3n) is 1.72. The van der Waals surface area contributed by atoms with Crippen molar-refractivity contribution in [3.8, 4) is 0 Å². The number of hydrogen-bond acceptors (Lipinski definition) is 4. The predicted octanol–water partition coefficient (Wildman–Crippen LogP) is 1.79. The van der Waals surface area contributed by atoms with E-state index in [0.717, 1.165) is 11.8 Å². The number of carboxylic acid groups (broad SMARTS) is 1. The number of fused-ring (bicyclic) bond motifs is 1. The minimum absolute atomic E-state index is 0.0480. The summed E-state index contributed by atoms with van der Waals surface area (Å²) >= 11 is 7.04. The lowest BCUT2D eigenvalue weighted by Gasteiger charge is -1.99. The number of halogens is 1. The molecule has 5 nitrogen and oxygen atoms in total. The van der Waals surface area contributed by atoms with Crippen LogP contribution in [0.25, 0.3) is 11.0 Å². The fourth-order valence-corrected chi connectivity index (χ4v) is 2.16. The summed E-state index contributed by atoms with van der Waals surface area (Å²) in [6.07, 6.45) is 2.98. The molecule has 0 radical (unpaired) electrons. The van der Waals surface area contributed by atoms with Crippen LogP contribution in [-0.4, -0.2) is 31.8 Å². The summed E-state index contributed by atoms with van der Waals surface area (Å²) in [6.45, 7) is 0. The lowest BCUT2D eigenvalue weighted by Crippen LogP contribution is -1.98. The Balaban J connectivity index is 2.41. The van der Waals surface area contributed by atoms with E-state index in [1.165, 1.54) is 6.33 Å². The van der Waals surface area contributed by atoms with Crippen LogP contribution in [0.15, 0.2) is 17.6 Å². The van der Waals surface area contributed by atoms with E-state index >= 15 is 0 Å². The van der Waals surface area contributed by atoms with Gasteiger partial charge < -0.3 is 10.1 Å². The molecule has 0 saturated heterocycles. The number of rotatable bonds is 3. The molecule has 0 fully saturated rings. The maximum Gasteiger partial charge on any atom is 0.313 e. The number of nitrogens with one attached hydrogen (secondary N) is 1. The Morgan fingerprint density at radius 2 is 2.40 bits per heavy atom. The number of aromatic amines is 1. The summed E-state index contributed by atoms with van der Waals surface area (Å²) in [5.41, 5.74) is 0.614. The first-order chi connectivity index (χ1) is 7.18. The van der Waals surface area contributed by atoms with Gasteiger partial charge in [0.1, 0.15) is 17.0 Å². The average molecular weight is 244 g/mol. The number of carbonyl (C=O) groups is 1. The minimum Gasteiger partial charge on any atom is -0.481 e. The third kappa shape index (κ3) is 2.05. The molecule has 0 aromatic carbocycles. The molecule has 78 valence electrons. The van der Waals surface area contributed by atoms with Crippen LogP contribution >= 0.6 is 23.4 Å². The quantitative estimate of drug-likeness (QED) is 0.635. The van der Waals surface area contributed by atoms with E-state index in [1.807, 2.05) is 0 Å². The largest absolute Gasteiger partial charge is 0.481 e. The zero-order valence-corrected chi connectivity index (χ0v) is 8.97. The fourth-order valence-electron chi connectivity index (χ4n) is 1.14. The van der Waals surface area contributed by atoms with Gasteiger partial charge in [0.2, 0.25) is 0 Å². The van der Waals surface area contributed by atoms with Crippen molar-refractivity contribution in [2.75, 3.05) is 5.75 Å². The molecule has 2 heterocycles. The first-order valence-electron chi connectivity index (χ1n) is 4.00. The van der Waals surface area contributed by atoms with Crippen molar-refractivity contribution >= 4 is 40.4 Å². The standard InChI is InChI=1S/C8H6ClN3O2S/c9-4-1-10-7-6(4)8(12-3-11-7)15-2-5(13)14/h1,3H,2H2,(H,13,14)(H,10,11,12). The van der Waals surface area contributed by atoms with E-state index in [1.54, 1.807) is 6.20 Å². The minimum atomic E-state index is -0.890. The van der Waals surface area contributed by atoms with Crippen molar-refractivity contribution in [1.82, 2.24) is 15.0 Å². The Morgan fingerprint density at radius 1 is 1.60 bits per heavy atom. The lowest BCUT2D eigenvalue weighted by molar-refractivity contribution is -0.133. The van der Waals surface area contributed by atoms with Crippen molar-refractivity contribution in [1.29, 1.82) is 0 Å². The molecular formula is C8H6ClN3O2S. The molecule has 2 N–H and O–H groups in total. The Labute approximate surface area is 93.9 Å². The molecule has 7 heteroatoms. The zero-order valence-electron chi connectivity index (χ0n) is 7.40. The highest BCUT2D eigenvalue weighted by Gasteiger charge is 2.11. The highest BCUT2D eigenvalue weighted by Crippen LogP contribution is 2.29. The summed E-state index contributed by atoms with van der Waals surface area (Å²) in [6, 6.07) is 0. The Hall–Kier alpha value is -1.27. The number of nitrogens with zero attached hydrogens (tertiary/aromatic N) is 2. The number of aliphatic carboxylic acids is 1. The highest BCUT2D eigenvalue weighted by molar-refractivity contribution is 8.00. The van der Waals surface area contributed by atoms with Gasteiger partial charge in [-0.05, 0) is 0 Å². The molecular weight excluding hydrogens is 238 g/mol. The first kappa shape index (κ1) is 10.3. The molecule has 0 saturated carbocycles. The molecule has 0 aliphatic heterocycles. The van der Waals surface area contributed by atoms with Crippen molar-refractivity contribution in [2.24, 2.45) is 0 Å². The first-order valence-corrected chi connectivity index (χ1v) is 5.37. The van der Waals surface area contributed by atoms with Crippen LogP contribution in [0, 0.1) is 0 Å². The van der Waals surface area contributed by atoms with Crippen LogP contribution < -0.4 is 0 Å². The summed E-state index contributed by atoms with van der Waals surface area (Å²) in [5.74, 6) is -0.938. The van der Waals surface area contributed by atoms with Crippen molar-refractivity contribution in [3.05, 3.63) is 17.5 Å². The van der Waals surface area contributed by atoms with Crippen molar-refractivity contribution in [2.45, 2.75) is 5.03 Å². The van der Waals surface area contributed by atoms with Crippen molar-refractivity contribution in [3.63, 3.8) is 0 Å². The molecule has 2 aromatic heterocycles. The van der Waals surface area contributed by atoms with Crippen LogP contribution in [0.3, 0.4) is 0 Å². The molecule has 15 heavy (non-hydrogen) atoms. The number of H-pyrrole nitrogens is 1. The predicted molar refractivity (Wildman–Crippen MR) is 57.3 cm³/mol. The monoisotopic (exact) mass is 243 g/mol. The van der Waals surface area contributed by atoms with E-state index in [4.69, 9.17) is 16.7 Å². The van der Waals surface area contributed by atoms with Crippen LogP contribution in [-0.2, 0) is 4.79 Å². The van der Waals surface area contributed by atoms with Gasteiger partial charge in [-0.15, -0.1) is 0 Å². The van der Waals surface area contributed by atoms with Crippen LogP contribution in [0.2, 0.25) is 5.02 Å². The van der Waals surface area contributed by atoms with Gasteiger partial charge in [0, 0.05) is 6.20 Å². The second-order valence-corrected chi connectivity index (χ2v) is 4.09. The maximum absolute atomic E-state index is 10.4. The van der Waals surface area contributed by atoms with Gasteiger partial charge in [-0.25, -0.2) is 9.97 Å². The Morgan fingerprint density at radius 3 is 3.13 bits per heavy atom. The van der Waals surface area contributed by atoms with E-state index in [-0.39, 0.29) is 5.75 Å². The van der Waals surface area contributed by atoms with Gasteiger partial charge in [-0.2, -0.15) is 0 Å². The number of aromatic nitrogens is 3. The van der Waals surface area contributed by atoms with Gasteiger partial charge in [0.05, 0.1) is 16.2 Å². The number of carboxylic acids is 1. The third-order valence-corrected chi connectivity index (χ3v) is 2.99. The van der Waals surface area contributed by atoms with E-state index in [2.05, 4.69) is 15.0 Å². The second kappa shape index (κ2) is 4.08. The average Bonchev–Trinajstić information content (AvgIpc) is 2.58. The van der Waals surface area contributed by atoms with E-state index in [9.17, 15) is 4.79 Å². The van der Waals surface area contributed by atoms with Crippen LogP contribution in [0.5, 0.6) is 0 Å². The SMILES string of the molecule is O=C(O)CSc1ncnc2[nH]cc(Cl)c12. The number of hydrogen-bond donors (Lipinski definition) is 2. The molecule has 2 aromatic rings. The van der Waals surface area contributed by atoms with E-state index in [0.29, 0.717) is 21.1 Å². The fraction of sp³-hybridized carbons (Fsp3) is 0.125. The van der Waals surface area contributed by atoms with Gasteiger partial charge in [0.25, 0.3) is 0 Å². The Bertz CT molecular complexity index is 514. The molecule has 0 unspecified atom stereocenters. The Kier molecular flexibility index (Phi) is 2.79. The van der Waals surface area contributed by atoms with Gasteiger partial charge in [0.15, 0.2) is 0 Å². The lowest BCUT2D eigenvalue weighted by atomic mass is 10.4. The topological polar surface area (TPSA) is 78.9 Å². The number of thioether (sulfide) groups is 1. The molecule has 0 aliphatic rings. The zero-order chi connectivity index (χ0) is 10.8. The molecule has 0 amide bonds.